The van der Waals surface area contributed by atoms with Crippen molar-refractivity contribution in [2.75, 3.05) is 53.6 Å². The molecule has 10 heteroatoms. The van der Waals surface area contributed by atoms with Crippen LogP contribution in [0.4, 0.5) is 0 Å². The van der Waals surface area contributed by atoms with Crippen molar-refractivity contribution in [1.82, 2.24) is 10.3 Å². The molecule has 0 spiro atoms. The SMILES string of the molecule is COCC(COC)CC(=O)NCCN(CCN)[N+]([O-])=N[O-]. The van der Waals surface area contributed by atoms with Gasteiger partial charge in [-0.3, -0.25) is 4.79 Å². The van der Waals surface area contributed by atoms with Crippen LogP contribution in [-0.4, -0.2) is 69.5 Å². The lowest BCUT2D eigenvalue weighted by Gasteiger charge is -2.19. The lowest BCUT2D eigenvalue weighted by molar-refractivity contribution is -0.689. The Balaban J connectivity index is 4.10. The maximum atomic E-state index is 11.7. The van der Waals surface area contributed by atoms with E-state index in [-0.39, 0.29) is 49.4 Å². The van der Waals surface area contributed by atoms with Crippen molar-refractivity contribution in [2.45, 2.75) is 6.42 Å². The molecule has 0 rings (SSSR count). The van der Waals surface area contributed by atoms with Crippen LogP contribution in [0.2, 0.25) is 0 Å². The van der Waals surface area contributed by atoms with E-state index in [2.05, 4.69) is 10.6 Å². The monoisotopic (exact) mass is 306 g/mol. The largest absolute Gasteiger partial charge is 0.737 e. The number of methoxy groups -OCH3 is 2. The molecule has 10 nitrogen and oxygen atoms in total. The fourth-order valence-electron chi connectivity index (χ4n) is 1.78. The zero-order valence-corrected chi connectivity index (χ0v) is 12.5. The number of carbonyl (C=O) groups is 1. The molecule has 0 aromatic carbocycles. The summed E-state index contributed by atoms with van der Waals surface area (Å²) in [5.74, 6) is -0.217. The molecular formula is C11H24N5O5-. The van der Waals surface area contributed by atoms with Crippen LogP contribution < -0.4 is 11.1 Å². The molecule has 0 saturated carbocycles. The highest BCUT2D eigenvalue weighted by Gasteiger charge is 2.15. The molecule has 0 aliphatic carbocycles. The molecule has 124 valence electrons. The molecular weight excluding hydrogens is 282 g/mol. The molecule has 0 fully saturated rings. The zero-order valence-electron chi connectivity index (χ0n) is 12.5. The Morgan fingerprint density at radius 1 is 1.38 bits per heavy atom. The van der Waals surface area contributed by atoms with E-state index in [0.717, 1.165) is 5.01 Å². The third-order valence-corrected chi connectivity index (χ3v) is 2.67. The minimum absolute atomic E-state index is 0.0345. The van der Waals surface area contributed by atoms with Gasteiger partial charge in [-0.1, -0.05) is 0 Å². The maximum Gasteiger partial charge on any atom is 0.220 e. The van der Waals surface area contributed by atoms with Crippen LogP contribution in [0, 0.1) is 16.3 Å². The molecule has 0 atom stereocenters. The van der Waals surface area contributed by atoms with Gasteiger partial charge in [-0.05, 0) is 5.28 Å². The van der Waals surface area contributed by atoms with Crippen LogP contribution in [0.1, 0.15) is 6.42 Å². The number of hydrogen-bond acceptors (Lipinski definition) is 7. The number of hydrazine groups is 1. The highest BCUT2D eigenvalue weighted by Crippen LogP contribution is 2.04. The lowest BCUT2D eigenvalue weighted by Crippen LogP contribution is -2.41. The summed E-state index contributed by atoms with van der Waals surface area (Å²) in [4.78, 5) is 11.7. The molecule has 0 heterocycles. The standard InChI is InChI=1S/C11H25N5O5/c1-20-8-10(9-21-2)7-11(17)13-4-6-15(5-3-12)16(19)14-18/h10,18H,3-9,12H2,1-2H3,(H,13,17)/p-1. The van der Waals surface area contributed by atoms with Gasteiger partial charge in [0.1, 0.15) is 0 Å². The quantitative estimate of drug-likeness (QED) is 0.269. The Labute approximate surface area is 124 Å². The van der Waals surface area contributed by atoms with E-state index in [0.29, 0.717) is 13.2 Å². The highest BCUT2D eigenvalue weighted by atomic mass is 16.6. The number of ether oxygens (including phenoxy) is 2. The van der Waals surface area contributed by atoms with Crippen molar-refractivity contribution in [3.05, 3.63) is 10.4 Å². The fourth-order valence-corrected chi connectivity index (χ4v) is 1.78. The van der Waals surface area contributed by atoms with Crippen LogP contribution in [0.5, 0.6) is 0 Å². The first-order valence-electron chi connectivity index (χ1n) is 6.59. The first-order valence-corrected chi connectivity index (χ1v) is 6.59. The summed E-state index contributed by atoms with van der Waals surface area (Å²) >= 11 is 0. The Morgan fingerprint density at radius 2 is 2.00 bits per heavy atom. The highest BCUT2D eigenvalue weighted by molar-refractivity contribution is 5.76. The first kappa shape index (κ1) is 19.4. The summed E-state index contributed by atoms with van der Waals surface area (Å²) in [6.45, 7) is 1.58. The molecule has 0 radical (unpaired) electrons. The van der Waals surface area contributed by atoms with Crippen LogP contribution in [-0.2, 0) is 14.3 Å². The summed E-state index contributed by atoms with van der Waals surface area (Å²) in [6, 6.07) is 0. The Hall–Kier alpha value is -1.65. The molecule has 0 saturated heterocycles. The predicted octanol–water partition coefficient (Wildman–Crippen LogP) is -0.962. The number of nitrogens with two attached hydrogens (primary N) is 1. The second-order valence-corrected chi connectivity index (χ2v) is 4.41. The number of amides is 1. The molecule has 0 aromatic heterocycles. The van der Waals surface area contributed by atoms with E-state index in [4.69, 9.17) is 15.2 Å². The zero-order chi connectivity index (χ0) is 16.1. The van der Waals surface area contributed by atoms with E-state index in [9.17, 15) is 15.2 Å². The van der Waals surface area contributed by atoms with E-state index in [1.807, 2.05) is 0 Å². The normalized spacial score (nSPS) is 11.7. The lowest BCUT2D eigenvalue weighted by atomic mass is 10.1. The van der Waals surface area contributed by atoms with Gasteiger partial charge in [0.25, 0.3) is 0 Å². The molecule has 0 unspecified atom stereocenters. The van der Waals surface area contributed by atoms with Crippen molar-refractivity contribution in [3.8, 4) is 0 Å². The minimum Gasteiger partial charge on any atom is -0.737 e. The van der Waals surface area contributed by atoms with Gasteiger partial charge in [0, 0.05) is 44.6 Å². The van der Waals surface area contributed by atoms with Gasteiger partial charge in [-0.2, -0.15) is 0 Å². The smallest absolute Gasteiger partial charge is 0.220 e. The molecule has 3 N–H and O–H groups in total. The van der Waals surface area contributed by atoms with Crippen LogP contribution in [0.25, 0.3) is 0 Å². The molecule has 0 aliphatic heterocycles. The van der Waals surface area contributed by atoms with Gasteiger partial charge in [0.05, 0.1) is 26.3 Å². The van der Waals surface area contributed by atoms with Crippen molar-refractivity contribution >= 4 is 5.91 Å². The summed E-state index contributed by atoms with van der Waals surface area (Å²) in [5, 5.41) is 27.3. The average molecular weight is 306 g/mol. The van der Waals surface area contributed by atoms with Gasteiger partial charge in [0.2, 0.25) is 5.91 Å². The maximum absolute atomic E-state index is 11.7. The molecule has 0 bridgehead atoms. The third kappa shape index (κ3) is 9.00. The van der Waals surface area contributed by atoms with Crippen LogP contribution in [0.3, 0.4) is 0 Å². The van der Waals surface area contributed by atoms with Gasteiger partial charge in [-0.15, -0.1) is 5.01 Å². The number of rotatable bonds is 12. The summed E-state index contributed by atoms with van der Waals surface area (Å²) in [7, 11) is 3.11. The Kier molecular flexibility index (Phi) is 11.2. The van der Waals surface area contributed by atoms with Gasteiger partial charge in [-0.25, -0.2) is 0 Å². The Bertz CT molecular complexity index is 309. The number of carbonyl (C=O) groups excluding carboxylic acids is 1. The third-order valence-electron chi connectivity index (χ3n) is 2.67. The van der Waals surface area contributed by atoms with E-state index >= 15 is 0 Å². The predicted molar refractivity (Wildman–Crippen MR) is 74.9 cm³/mol. The summed E-state index contributed by atoms with van der Waals surface area (Å²) < 4.78 is 10.0. The summed E-state index contributed by atoms with van der Waals surface area (Å²) in [6.07, 6.45) is 0.256. The number of hydrogen-bond donors (Lipinski definition) is 2. The second-order valence-electron chi connectivity index (χ2n) is 4.41. The summed E-state index contributed by atoms with van der Waals surface area (Å²) in [5.41, 5.74) is 5.32. The van der Waals surface area contributed by atoms with E-state index in [1.165, 1.54) is 0 Å². The van der Waals surface area contributed by atoms with Gasteiger partial charge < -0.3 is 30.9 Å². The minimum atomic E-state index is -0.182. The van der Waals surface area contributed by atoms with Crippen molar-refractivity contribution in [1.29, 1.82) is 0 Å². The van der Waals surface area contributed by atoms with Crippen molar-refractivity contribution < 1.29 is 19.2 Å². The Morgan fingerprint density at radius 3 is 2.48 bits per heavy atom. The first-order chi connectivity index (χ1) is 10.1. The van der Waals surface area contributed by atoms with Crippen molar-refractivity contribution in [2.24, 2.45) is 16.9 Å². The molecule has 0 aliphatic rings. The van der Waals surface area contributed by atoms with Crippen LogP contribution in [0.15, 0.2) is 5.28 Å². The fraction of sp³-hybridized carbons (Fsp3) is 0.909. The number of nitrogens with one attached hydrogen (secondary N) is 1. The average Bonchev–Trinajstić information content (AvgIpc) is 2.46. The van der Waals surface area contributed by atoms with Crippen LogP contribution >= 0.6 is 0 Å². The molecule has 1 amide bonds. The van der Waals surface area contributed by atoms with Gasteiger partial charge >= 0.3 is 0 Å². The van der Waals surface area contributed by atoms with Gasteiger partial charge in [0.15, 0.2) is 0 Å². The second kappa shape index (κ2) is 12.1. The number of nitrogens with zero attached hydrogens (tertiary/aromatic N) is 3. The van der Waals surface area contributed by atoms with E-state index < -0.39 is 0 Å². The van der Waals surface area contributed by atoms with E-state index in [1.54, 1.807) is 14.2 Å². The topological polar surface area (TPSA) is 138 Å². The van der Waals surface area contributed by atoms with Crippen molar-refractivity contribution in [3.63, 3.8) is 0 Å². The molecule has 21 heavy (non-hydrogen) atoms. The molecule has 0 aromatic rings.